The molecule has 0 fully saturated rings. The SMILES string of the molecule is CC(C)(C)c1cc2nc3c4ccc(C(C)(C)C)nc4ccn3c2cn1. The van der Waals surface area contributed by atoms with Crippen molar-refractivity contribution in [1.29, 1.82) is 0 Å². The maximum atomic E-state index is 4.89. The van der Waals surface area contributed by atoms with E-state index >= 15 is 0 Å². The summed E-state index contributed by atoms with van der Waals surface area (Å²) >= 11 is 0. The molecule has 128 valence electrons. The molecular formula is C21H24N4. The first-order valence-electron chi connectivity index (χ1n) is 8.73. The maximum absolute atomic E-state index is 4.89. The topological polar surface area (TPSA) is 43.1 Å². The van der Waals surface area contributed by atoms with Crippen LogP contribution in [0.5, 0.6) is 0 Å². The zero-order valence-corrected chi connectivity index (χ0v) is 15.8. The van der Waals surface area contributed by atoms with Gasteiger partial charge >= 0.3 is 0 Å². The predicted molar refractivity (Wildman–Crippen MR) is 103 cm³/mol. The van der Waals surface area contributed by atoms with E-state index in [9.17, 15) is 0 Å². The zero-order valence-electron chi connectivity index (χ0n) is 15.8. The monoisotopic (exact) mass is 332 g/mol. The van der Waals surface area contributed by atoms with Gasteiger partial charge in [-0.2, -0.15) is 0 Å². The molecule has 25 heavy (non-hydrogen) atoms. The smallest absolute Gasteiger partial charge is 0.147 e. The number of fused-ring (bicyclic) bond motifs is 5. The van der Waals surface area contributed by atoms with Crippen LogP contribution in [-0.2, 0) is 10.8 Å². The number of imidazole rings is 1. The summed E-state index contributed by atoms with van der Waals surface area (Å²) in [7, 11) is 0. The summed E-state index contributed by atoms with van der Waals surface area (Å²) in [6, 6.07) is 8.42. The van der Waals surface area contributed by atoms with Crippen LogP contribution in [0.15, 0.2) is 36.7 Å². The van der Waals surface area contributed by atoms with Crippen LogP contribution in [0.3, 0.4) is 0 Å². The summed E-state index contributed by atoms with van der Waals surface area (Å²) in [5, 5.41) is 1.07. The van der Waals surface area contributed by atoms with Crippen molar-refractivity contribution in [2.24, 2.45) is 0 Å². The lowest BCUT2D eigenvalue weighted by molar-refractivity contribution is 0.570. The van der Waals surface area contributed by atoms with Crippen LogP contribution in [0.2, 0.25) is 0 Å². The Balaban J connectivity index is 2.01. The van der Waals surface area contributed by atoms with Crippen LogP contribution in [0, 0.1) is 0 Å². The van der Waals surface area contributed by atoms with Gasteiger partial charge in [-0.25, -0.2) is 4.98 Å². The Kier molecular flexibility index (Phi) is 3.21. The molecule has 0 amide bonds. The van der Waals surface area contributed by atoms with Crippen LogP contribution in [0.4, 0.5) is 0 Å². The Labute approximate surface area is 147 Å². The molecule has 0 radical (unpaired) electrons. The van der Waals surface area contributed by atoms with Gasteiger partial charge in [-0.05, 0) is 24.3 Å². The normalized spacial score (nSPS) is 13.2. The van der Waals surface area contributed by atoms with E-state index in [1.54, 1.807) is 0 Å². The van der Waals surface area contributed by atoms with Gasteiger partial charge in [-0.1, -0.05) is 41.5 Å². The van der Waals surface area contributed by atoms with Crippen molar-refractivity contribution in [3.05, 3.63) is 48.0 Å². The second kappa shape index (κ2) is 5.01. The molecule has 0 atom stereocenters. The van der Waals surface area contributed by atoms with Gasteiger partial charge in [0.25, 0.3) is 0 Å². The molecule has 4 rings (SSSR count). The first-order chi connectivity index (χ1) is 11.6. The highest BCUT2D eigenvalue weighted by Crippen LogP contribution is 2.28. The van der Waals surface area contributed by atoms with Crippen molar-refractivity contribution >= 4 is 27.6 Å². The third-order valence-electron chi connectivity index (χ3n) is 4.66. The second-order valence-corrected chi connectivity index (χ2v) is 8.81. The van der Waals surface area contributed by atoms with Crippen molar-refractivity contribution < 1.29 is 0 Å². The van der Waals surface area contributed by atoms with E-state index in [0.29, 0.717) is 0 Å². The molecule has 0 saturated carbocycles. The lowest BCUT2D eigenvalue weighted by Gasteiger charge is -2.18. The summed E-state index contributed by atoms with van der Waals surface area (Å²) in [6.45, 7) is 13.1. The number of pyridine rings is 3. The van der Waals surface area contributed by atoms with Crippen molar-refractivity contribution in [3.63, 3.8) is 0 Å². The fraction of sp³-hybridized carbons (Fsp3) is 0.381. The summed E-state index contributed by atoms with van der Waals surface area (Å²) in [4.78, 5) is 14.4. The minimum Gasteiger partial charge on any atom is -0.298 e. The number of aromatic nitrogens is 4. The van der Waals surface area contributed by atoms with Crippen molar-refractivity contribution in [2.75, 3.05) is 0 Å². The number of hydrogen-bond donors (Lipinski definition) is 0. The molecule has 0 aliphatic carbocycles. The largest absolute Gasteiger partial charge is 0.298 e. The summed E-state index contributed by atoms with van der Waals surface area (Å²) in [6.07, 6.45) is 3.98. The van der Waals surface area contributed by atoms with Gasteiger partial charge in [-0.3, -0.25) is 14.4 Å². The fourth-order valence-corrected chi connectivity index (χ4v) is 3.10. The van der Waals surface area contributed by atoms with Crippen LogP contribution in [0.1, 0.15) is 52.9 Å². The Hall–Kier alpha value is -2.49. The standard InChI is InChI=1S/C21H24N4/c1-20(2,3)17-8-7-13-14(23-17)9-10-25-16-12-22-18(21(4,5)6)11-15(16)24-19(13)25/h7-12H,1-6H3. The molecule has 0 aliphatic heterocycles. The average molecular weight is 332 g/mol. The van der Waals surface area contributed by atoms with Crippen LogP contribution < -0.4 is 0 Å². The van der Waals surface area contributed by atoms with Gasteiger partial charge in [0, 0.05) is 33.8 Å². The Bertz CT molecular complexity index is 1110. The van der Waals surface area contributed by atoms with E-state index in [2.05, 4.69) is 75.2 Å². The second-order valence-electron chi connectivity index (χ2n) is 8.81. The van der Waals surface area contributed by atoms with Crippen molar-refractivity contribution in [3.8, 4) is 0 Å². The average Bonchev–Trinajstić information content (AvgIpc) is 2.90. The Morgan fingerprint density at radius 2 is 1.52 bits per heavy atom. The molecule has 0 aliphatic rings. The van der Waals surface area contributed by atoms with Gasteiger partial charge in [0.1, 0.15) is 5.65 Å². The molecule has 4 nitrogen and oxygen atoms in total. The Morgan fingerprint density at radius 1 is 0.800 bits per heavy atom. The molecule has 0 N–H and O–H groups in total. The van der Waals surface area contributed by atoms with E-state index in [1.807, 2.05) is 12.4 Å². The van der Waals surface area contributed by atoms with E-state index in [-0.39, 0.29) is 10.8 Å². The molecule has 0 saturated heterocycles. The highest BCUT2D eigenvalue weighted by Gasteiger charge is 2.19. The van der Waals surface area contributed by atoms with Crippen LogP contribution in [-0.4, -0.2) is 19.4 Å². The molecule has 4 heterocycles. The number of rotatable bonds is 0. The minimum atomic E-state index is 0.00915. The van der Waals surface area contributed by atoms with Gasteiger partial charge in [0.2, 0.25) is 0 Å². The van der Waals surface area contributed by atoms with Gasteiger partial charge in [0.15, 0.2) is 0 Å². The van der Waals surface area contributed by atoms with E-state index in [0.717, 1.165) is 39.0 Å². The molecule has 4 aromatic rings. The summed E-state index contributed by atoms with van der Waals surface area (Å²) in [5.74, 6) is 0. The third kappa shape index (κ3) is 2.56. The molecular weight excluding hydrogens is 308 g/mol. The molecule has 0 unspecified atom stereocenters. The summed E-state index contributed by atoms with van der Waals surface area (Å²) in [5.41, 5.74) is 6.13. The van der Waals surface area contributed by atoms with Crippen LogP contribution in [0.25, 0.3) is 27.6 Å². The highest BCUT2D eigenvalue weighted by molar-refractivity contribution is 5.96. The first-order valence-corrected chi connectivity index (χ1v) is 8.73. The predicted octanol–water partition coefficient (Wildman–Crippen LogP) is 5.03. The zero-order chi connectivity index (χ0) is 18.0. The number of nitrogens with zero attached hydrogens (tertiary/aromatic N) is 4. The molecule has 0 aromatic carbocycles. The van der Waals surface area contributed by atoms with Gasteiger partial charge in [0.05, 0.1) is 22.7 Å². The van der Waals surface area contributed by atoms with E-state index in [4.69, 9.17) is 9.97 Å². The summed E-state index contributed by atoms with van der Waals surface area (Å²) < 4.78 is 2.11. The molecule has 0 spiro atoms. The van der Waals surface area contributed by atoms with Gasteiger partial charge < -0.3 is 0 Å². The maximum Gasteiger partial charge on any atom is 0.147 e. The number of hydrogen-bond acceptors (Lipinski definition) is 3. The molecule has 4 aromatic heterocycles. The molecule has 4 heteroatoms. The van der Waals surface area contributed by atoms with Crippen LogP contribution >= 0.6 is 0 Å². The third-order valence-corrected chi connectivity index (χ3v) is 4.66. The first kappa shape index (κ1) is 16.0. The van der Waals surface area contributed by atoms with Crippen molar-refractivity contribution in [1.82, 2.24) is 19.4 Å². The Morgan fingerprint density at radius 3 is 2.20 bits per heavy atom. The van der Waals surface area contributed by atoms with E-state index < -0.39 is 0 Å². The molecule has 0 bridgehead atoms. The highest BCUT2D eigenvalue weighted by atomic mass is 15.0. The minimum absolute atomic E-state index is 0.00915. The van der Waals surface area contributed by atoms with E-state index in [1.165, 1.54) is 0 Å². The lowest BCUT2D eigenvalue weighted by Crippen LogP contribution is -2.13. The van der Waals surface area contributed by atoms with Gasteiger partial charge in [-0.15, -0.1) is 0 Å². The fourth-order valence-electron chi connectivity index (χ4n) is 3.10. The lowest BCUT2D eigenvalue weighted by atomic mass is 9.91. The van der Waals surface area contributed by atoms with Crippen molar-refractivity contribution in [2.45, 2.75) is 52.4 Å². The quantitative estimate of drug-likeness (QED) is 0.454.